The molecule has 0 bridgehead atoms. The number of hydrogen-bond donors (Lipinski definition) is 0. The molecule has 0 aliphatic heterocycles. The van der Waals surface area contributed by atoms with Crippen molar-refractivity contribution in [2.45, 2.75) is 9.65 Å². The van der Waals surface area contributed by atoms with Gasteiger partial charge in [0.1, 0.15) is 5.82 Å². The lowest BCUT2D eigenvalue weighted by atomic mass is 10.0. The molecule has 2 rings (SSSR count). The van der Waals surface area contributed by atoms with E-state index in [1.165, 1.54) is 12.1 Å². The summed E-state index contributed by atoms with van der Waals surface area (Å²) in [6.07, 6.45) is 0. The minimum Gasteiger partial charge on any atom is -0.293 e. The summed E-state index contributed by atoms with van der Waals surface area (Å²) in [5, 5.41) is 0. The first-order valence-electron chi connectivity index (χ1n) is 5.72. The predicted octanol–water partition coefficient (Wildman–Crippen LogP) is 4.91. The molecule has 0 aliphatic carbocycles. The number of ketones is 1. The summed E-state index contributed by atoms with van der Waals surface area (Å²) in [5.74, 6) is -0.296. The van der Waals surface area contributed by atoms with Crippen LogP contribution in [0.5, 0.6) is 0 Å². The lowest BCUT2D eigenvalue weighted by Crippen LogP contribution is -2.19. The maximum Gasteiger partial charge on any atom is 0.177 e. The van der Waals surface area contributed by atoms with Crippen molar-refractivity contribution in [3.8, 4) is 0 Å². The van der Waals surface area contributed by atoms with E-state index in [9.17, 15) is 9.18 Å². The van der Waals surface area contributed by atoms with E-state index >= 15 is 0 Å². The van der Waals surface area contributed by atoms with E-state index in [1.807, 2.05) is 18.2 Å². The molecule has 19 heavy (non-hydrogen) atoms. The van der Waals surface area contributed by atoms with E-state index in [2.05, 4.69) is 31.9 Å². The first-order chi connectivity index (χ1) is 9.09. The second kappa shape index (κ2) is 6.44. The standard InChI is InChI=1S/C15H11Br2FO/c16-13(10-6-8-12(18)9-7-10)14(17)15(19)11-4-2-1-3-5-11/h1-9,13-14H/t13-,14-/m0/s1. The summed E-state index contributed by atoms with van der Waals surface area (Å²) in [6, 6.07) is 15.2. The van der Waals surface area contributed by atoms with Crippen molar-refractivity contribution in [3.63, 3.8) is 0 Å². The van der Waals surface area contributed by atoms with Gasteiger partial charge in [0.15, 0.2) is 5.78 Å². The van der Waals surface area contributed by atoms with Gasteiger partial charge in [-0.25, -0.2) is 4.39 Å². The van der Waals surface area contributed by atoms with Crippen molar-refractivity contribution in [1.82, 2.24) is 0 Å². The van der Waals surface area contributed by atoms with Crippen LogP contribution in [0.3, 0.4) is 0 Å². The monoisotopic (exact) mass is 384 g/mol. The fourth-order valence-electron chi connectivity index (χ4n) is 1.71. The van der Waals surface area contributed by atoms with Gasteiger partial charge in [-0.1, -0.05) is 74.3 Å². The Labute approximate surface area is 128 Å². The van der Waals surface area contributed by atoms with Crippen LogP contribution in [0, 0.1) is 5.82 Å². The molecule has 2 aromatic carbocycles. The highest BCUT2D eigenvalue weighted by Crippen LogP contribution is 2.33. The molecule has 0 aliphatic rings. The molecule has 0 fully saturated rings. The topological polar surface area (TPSA) is 17.1 Å². The molecule has 0 spiro atoms. The largest absolute Gasteiger partial charge is 0.293 e. The van der Waals surface area contributed by atoms with Crippen molar-refractivity contribution in [2.24, 2.45) is 0 Å². The lowest BCUT2D eigenvalue weighted by Gasteiger charge is -2.16. The number of carbonyl (C=O) groups is 1. The third kappa shape index (κ3) is 3.51. The number of carbonyl (C=O) groups excluding carboxylic acids is 1. The summed E-state index contributed by atoms with van der Waals surface area (Å²) in [5.41, 5.74) is 1.50. The molecule has 98 valence electrons. The average Bonchev–Trinajstić information content (AvgIpc) is 2.46. The van der Waals surface area contributed by atoms with Gasteiger partial charge >= 0.3 is 0 Å². The molecular formula is C15H11Br2FO. The molecule has 0 heterocycles. The van der Waals surface area contributed by atoms with E-state index in [1.54, 1.807) is 24.3 Å². The summed E-state index contributed by atoms with van der Waals surface area (Å²) >= 11 is 6.89. The third-order valence-corrected chi connectivity index (χ3v) is 5.47. The van der Waals surface area contributed by atoms with Crippen molar-refractivity contribution in [2.75, 3.05) is 0 Å². The summed E-state index contributed by atoms with van der Waals surface area (Å²) in [7, 11) is 0. The highest BCUT2D eigenvalue weighted by atomic mass is 79.9. The number of rotatable bonds is 4. The Hall–Kier alpha value is -1.00. The van der Waals surface area contributed by atoms with Gasteiger partial charge in [-0.3, -0.25) is 4.79 Å². The minimum absolute atomic E-state index is 0.00759. The van der Waals surface area contributed by atoms with E-state index in [-0.39, 0.29) is 16.4 Å². The molecule has 0 saturated heterocycles. The van der Waals surface area contributed by atoms with Crippen molar-refractivity contribution in [3.05, 3.63) is 71.5 Å². The number of Topliss-reactive ketones (excluding diaryl/α,β-unsaturated/α-hetero) is 1. The van der Waals surface area contributed by atoms with Crippen LogP contribution >= 0.6 is 31.9 Å². The number of halogens is 3. The average molecular weight is 386 g/mol. The Morgan fingerprint density at radius 1 is 0.947 bits per heavy atom. The minimum atomic E-state index is -0.402. The smallest absolute Gasteiger partial charge is 0.177 e. The summed E-state index contributed by atoms with van der Waals surface area (Å²) in [6.45, 7) is 0. The summed E-state index contributed by atoms with van der Waals surface area (Å²) < 4.78 is 12.9. The molecule has 4 heteroatoms. The van der Waals surface area contributed by atoms with E-state index in [4.69, 9.17) is 0 Å². The zero-order chi connectivity index (χ0) is 13.8. The highest BCUT2D eigenvalue weighted by molar-refractivity contribution is 9.12. The molecule has 0 amide bonds. The zero-order valence-electron chi connectivity index (χ0n) is 9.89. The number of benzene rings is 2. The molecule has 1 nitrogen and oxygen atoms in total. The van der Waals surface area contributed by atoms with Gasteiger partial charge in [-0.15, -0.1) is 0 Å². The first kappa shape index (κ1) is 14.4. The number of hydrogen-bond acceptors (Lipinski definition) is 1. The van der Waals surface area contributed by atoms with Gasteiger partial charge in [-0.2, -0.15) is 0 Å². The predicted molar refractivity (Wildman–Crippen MR) is 81.6 cm³/mol. The van der Waals surface area contributed by atoms with Crippen LogP contribution in [0.2, 0.25) is 0 Å². The summed E-state index contributed by atoms with van der Waals surface area (Å²) in [4.78, 5) is 11.7. The fraction of sp³-hybridized carbons (Fsp3) is 0.133. The second-order valence-electron chi connectivity index (χ2n) is 4.09. The van der Waals surface area contributed by atoms with Gasteiger partial charge in [0.05, 0.1) is 9.65 Å². The third-order valence-electron chi connectivity index (χ3n) is 2.75. The second-order valence-corrected chi connectivity index (χ2v) is 6.06. The Morgan fingerprint density at radius 2 is 1.53 bits per heavy atom. The van der Waals surface area contributed by atoms with Gasteiger partial charge in [0.2, 0.25) is 0 Å². The molecule has 0 unspecified atom stereocenters. The molecule has 2 atom stereocenters. The van der Waals surface area contributed by atoms with Crippen LogP contribution in [0.1, 0.15) is 20.7 Å². The Balaban J connectivity index is 2.17. The fourth-order valence-corrected chi connectivity index (χ4v) is 2.82. The molecule has 0 aromatic heterocycles. The maximum absolute atomic E-state index is 12.9. The lowest BCUT2D eigenvalue weighted by molar-refractivity contribution is 0.0991. The van der Waals surface area contributed by atoms with Crippen molar-refractivity contribution < 1.29 is 9.18 Å². The molecule has 2 aromatic rings. The van der Waals surface area contributed by atoms with Crippen LogP contribution in [0.25, 0.3) is 0 Å². The normalized spacial score (nSPS) is 13.8. The zero-order valence-corrected chi connectivity index (χ0v) is 13.1. The van der Waals surface area contributed by atoms with E-state index < -0.39 is 4.83 Å². The Kier molecular flexibility index (Phi) is 4.88. The van der Waals surface area contributed by atoms with Gasteiger partial charge < -0.3 is 0 Å². The highest BCUT2D eigenvalue weighted by Gasteiger charge is 2.25. The Bertz CT molecular complexity index is 554. The molecule has 0 radical (unpaired) electrons. The van der Waals surface area contributed by atoms with Gasteiger partial charge in [0.25, 0.3) is 0 Å². The van der Waals surface area contributed by atoms with Crippen LogP contribution in [-0.2, 0) is 0 Å². The molecular weight excluding hydrogens is 375 g/mol. The van der Waals surface area contributed by atoms with E-state index in [0.29, 0.717) is 5.56 Å². The molecule has 0 saturated carbocycles. The van der Waals surface area contributed by atoms with Crippen LogP contribution in [-0.4, -0.2) is 10.6 Å². The Morgan fingerprint density at radius 3 is 2.11 bits per heavy atom. The van der Waals surface area contributed by atoms with E-state index in [0.717, 1.165) is 5.56 Å². The molecule has 0 N–H and O–H groups in total. The van der Waals surface area contributed by atoms with Crippen molar-refractivity contribution >= 4 is 37.6 Å². The maximum atomic E-state index is 12.9. The SMILES string of the molecule is O=C(c1ccccc1)[C@@H](Br)[C@@H](Br)c1ccc(F)cc1. The van der Waals surface area contributed by atoms with Crippen LogP contribution < -0.4 is 0 Å². The number of alkyl halides is 2. The quantitative estimate of drug-likeness (QED) is 0.539. The van der Waals surface area contributed by atoms with Gasteiger partial charge in [0, 0.05) is 5.56 Å². The van der Waals surface area contributed by atoms with Crippen LogP contribution in [0.15, 0.2) is 54.6 Å². The first-order valence-corrected chi connectivity index (χ1v) is 7.55. The van der Waals surface area contributed by atoms with Crippen molar-refractivity contribution in [1.29, 1.82) is 0 Å². The van der Waals surface area contributed by atoms with Crippen LogP contribution in [0.4, 0.5) is 4.39 Å². The van der Waals surface area contributed by atoms with Gasteiger partial charge in [-0.05, 0) is 17.7 Å².